The molecule has 1 N–H and O–H groups in total. The zero-order valence-corrected chi connectivity index (χ0v) is 14.6. The van der Waals surface area contributed by atoms with Gasteiger partial charge in [0.25, 0.3) is 0 Å². The number of imidazole rings is 1. The first-order valence-corrected chi connectivity index (χ1v) is 8.98. The Labute approximate surface area is 148 Å². The van der Waals surface area contributed by atoms with E-state index in [1.54, 1.807) is 0 Å². The number of nitrogens with one attached hydrogen (secondary N) is 1. The van der Waals surface area contributed by atoms with Crippen molar-refractivity contribution >= 4 is 0 Å². The third kappa shape index (κ3) is 3.65. The van der Waals surface area contributed by atoms with Gasteiger partial charge >= 0.3 is 0 Å². The maximum atomic E-state index is 5.69. The van der Waals surface area contributed by atoms with Crippen molar-refractivity contribution in [1.82, 2.24) is 14.9 Å². The number of hydrogen-bond acceptors (Lipinski definition) is 5. The summed E-state index contributed by atoms with van der Waals surface area (Å²) in [5.41, 5.74) is 1.19. The van der Waals surface area contributed by atoms with E-state index >= 15 is 0 Å². The molecule has 0 radical (unpaired) electrons. The highest BCUT2D eigenvalue weighted by Gasteiger charge is 2.28. The first kappa shape index (κ1) is 16.4. The number of ether oxygens (including phenoxy) is 3. The lowest BCUT2D eigenvalue weighted by Crippen LogP contribution is -2.33. The van der Waals surface area contributed by atoms with E-state index in [9.17, 15) is 0 Å². The van der Waals surface area contributed by atoms with Crippen LogP contribution in [0.1, 0.15) is 30.3 Å². The van der Waals surface area contributed by atoms with Crippen molar-refractivity contribution < 1.29 is 14.2 Å². The minimum atomic E-state index is 0.220. The summed E-state index contributed by atoms with van der Waals surface area (Å²) in [6, 6.07) is 6.38. The zero-order valence-electron chi connectivity index (χ0n) is 14.6. The van der Waals surface area contributed by atoms with Crippen LogP contribution in [-0.4, -0.2) is 36.0 Å². The van der Waals surface area contributed by atoms with Gasteiger partial charge in [-0.15, -0.1) is 0 Å². The van der Waals surface area contributed by atoms with E-state index < -0.39 is 0 Å². The Morgan fingerprint density at radius 1 is 1.16 bits per heavy atom. The van der Waals surface area contributed by atoms with Gasteiger partial charge in [-0.1, -0.05) is 6.07 Å². The summed E-state index contributed by atoms with van der Waals surface area (Å²) in [5.74, 6) is 3.29. The molecule has 2 aromatic rings. The SMILES string of the molecule is Cn1ccnc1[C@@H](NCc1ccc2c(c1)OCCO2)C1CCOCC1. The molecule has 4 rings (SSSR count). The molecule has 134 valence electrons. The predicted octanol–water partition coefficient (Wildman–Crippen LogP) is 2.45. The van der Waals surface area contributed by atoms with Crippen LogP contribution < -0.4 is 14.8 Å². The minimum absolute atomic E-state index is 0.220. The van der Waals surface area contributed by atoms with Gasteiger partial charge in [-0.25, -0.2) is 4.98 Å². The van der Waals surface area contributed by atoms with Gasteiger partial charge in [0.15, 0.2) is 11.5 Å². The van der Waals surface area contributed by atoms with Crippen LogP contribution in [0, 0.1) is 5.92 Å². The number of hydrogen-bond donors (Lipinski definition) is 1. The number of rotatable bonds is 5. The van der Waals surface area contributed by atoms with E-state index in [-0.39, 0.29) is 6.04 Å². The highest BCUT2D eigenvalue weighted by molar-refractivity contribution is 5.43. The van der Waals surface area contributed by atoms with Crippen molar-refractivity contribution in [3.8, 4) is 11.5 Å². The molecule has 6 nitrogen and oxygen atoms in total. The molecule has 1 fully saturated rings. The predicted molar refractivity (Wildman–Crippen MR) is 93.8 cm³/mol. The van der Waals surface area contributed by atoms with Gasteiger partial charge in [0.05, 0.1) is 6.04 Å². The second kappa shape index (κ2) is 7.45. The Hall–Kier alpha value is -2.05. The molecule has 25 heavy (non-hydrogen) atoms. The summed E-state index contributed by atoms with van der Waals surface area (Å²) >= 11 is 0. The molecule has 1 aromatic carbocycles. The fraction of sp³-hybridized carbons (Fsp3) is 0.526. The molecule has 1 atom stereocenters. The van der Waals surface area contributed by atoms with Crippen molar-refractivity contribution in [3.05, 3.63) is 42.0 Å². The number of nitrogens with zero attached hydrogens (tertiary/aromatic N) is 2. The summed E-state index contributed by atoms with van der Waals surface area (Å²) in [7, 11) is 2.06. The van der Waals surface area contributed by atoms with Gasteiger partial charge in [0.2, 0.25) is 0 Å². The van der Waals surface area contributed by atoms with Crippen LogP contribution in [0.3, 0.4) is 0 Å². The number of benzene rings is 1. The molecular weight excluding hydrogens is 318 g/mol. The minimum Gasteiger partial charge on any atom is -0.486 e. The van der Waals surface area contributed by atoms with Crippen LogP contribution in [0.5, 0.6) is 11.5 Å². The number of fused-ring (bicyclic) bond motifs is 1. The summed E-state index contributed by atoms with van der Waals surface area (Å²) in [4.78, 5) is 4.59. The first-order chi connectivity index (χ1) is 12.3. The molecule has 0 bridgehead atoms. The molecule has 6 heteroatoms. The summed E-state index contributed by atoms with van der Waals surface area (Å²) < 4.78 is 18.9. The van der Waals surface area contributed by atoms with E-state index in [4.69, 9.17) is 14.2 Å². The van der Waals surface area contributed by atoms with Gasteiger partial charge in [-0.2, -0.15) is 0 Å². The fourth-order valence-corrected chi connectivity index (χ4v) is 3.62. The Balaban J connectivity index is 1.49. The van der Waals surface area contributed by atoms with Gasteiger partial charge in [0.1, 0.15) is 19.0 Å². The van der Waals surface area contributed by atoms with Gasteiger partial charge in [-0.3, -0.25) is 0 Å². The Morgan fingerprint density at radius 2 is 1.96 bits per heavy atom. The van der Waals surface area contributed by atoms with E-state index in [2.05, 4.69) is 34.0 Å². The monoisotopic (exact) mass is 343 g/mol. The van der Waals surface area contributed by atoms with Crippen LogP contribution in [0.2, 0.25) is 0 Å². The molecule has 0 amide bonds. The van der Waals surface area contributed by atoms with Crippen LogP contribution in [0.4, 0.5) is 0 Å². The van der Waals surface area contributed by atoms with Crippen molar-refractivity contribution in [1.29, 1.82) is 0 Å². The number of aromatic nitrogens is 2. The molecule has 3 heterocycles. The normalized spacial score (nSPS) is 18.9. The lowest BCUT2D eigenvalue weighted by molar-refractivity contribution is 0.0518. The summed E-state index contributed by atoms with van der Waals surface area (Å²) in [6.45, 7) is 3.66. The van der Waals surface area contributed by atoms with E-state index in [0.717, 1.165) is 49.9 Å². The van der Waals surface area contributed by atoms with Gasteiger partial charge in [0, 0.05) is 39.2 Å². The van der Waals surface area contributed by atoms with E-state index in [1.165, 1.54) is 5.56 Å². The molecular formula is C19H25N3O3. The van der Waals surface area contributed by atoms with Crippen molar-refractivity contribution in [3.63, 3.8) is 0 Å². The van der Waals surface area contributed by atoms with Crippen LogP contribution >= 0.6 is 0 Å². The molecule has 1 aromatic heterocycles. The fourth-order valence-electron chi connectivity index (χ4n) is 3.62. The maximum absolute atomic E-state index is 5.69. The topological polar surface area (TPSA) is 57.5 Å². The number of aryl methyl sites for hydroxylation is 1. The van der Waals surface area contributed by atoms with E-state index in [1.807, 2.05) is 18.5 Å². The highest BCUT2D eigenvalue weighted by atomic mass is 16.6. The average molecular weight is 343 g/mol. The molecule has 0 unspecified atom stereocenters. The van der Waals surface area contributed by atoms with Crippen molar-refractivity contribution in [2.45, 2.75) is 25.4 Å². The molecule has 2 aliphatic rings. The first-order valence-electron chi connectivity index (χ1n) is 8.98. The maximum Gasteiger partial charge on any atom is 0.161 e. The third-order valence-electron chi connectivity index (χ3n) is 5.01. The van der Waals surface area contributed by atoms with Gasteiger partial charge < -0.3 is 24.1 Å². The standard InChI is InChI=1S/C19H25N3O3/c1-22-7-6-20-19(22)18(15-4-8-23-9-5-15)21-13-14-2-3-16-17(12-14)25-11-10-24-16/h2-3,6-7,12,15,18,21H,4-5,8-11,13H2,1H3/t18-/m0/s1. The Kier molecular flexibility index (Phi) is 4.90. The third-order valence-corrected chi connectivity index (χ3v) is 5.01. The molecule has 1 saturated heterocycles. The highest BCUT2D eigenvalue weighted by Crippen LogP contribution is 2.32. The lowest BCUT2D eigenvalue weighted by Gasteiger charge is -2.31. The average Bonchev–Trinajstić information content (AvgIpc) is 3.08. The Morgan fingerprint density at radius 3 is 2.72 bits per heavy atom. The lowest BCUT2D eigenvalue weighted by atomic mass is 9.91. The Bertz CT molecular complexity index is 710. The van der Waals surface area contributed by atoms with Crippen LogP contribution in [0.15, 0.2) is 30.6 Å². The molecule has 2 aliphatic heterocycles. The van der Waals surface area contributed by atoms with E-state index in [0.29, 0.717) is 19.1 Å². The second-order valence-electron chi connectivity index (χ2n) is 6.68. The quantitative estimate of drug-likeness (QED) is 0.904. The summed E-state index contributed by atoms with van der Waals surface area (Å²) in [5, 5.41) is 3.72. The van der Waals surface area contributed by atoms with Crippen molar-refractivity contribution in [2.24, 2.45) is 13.0 Å². The smallest absolute Gasteiger partial charge is 0.161 e. The zero-order chi connectivity index (χ0) is 17.1. The molecule has 0 saturated carbocycles. The van der Waals surface area contributed by atoms with Crippen molar-refractivity contribution in [2.75, 3.05) is 26.4 Å². The molecule has 0 spiro atoms. The molecule has 0 aliphatic carbocycles. The summed E-state index contributed by atoms with van der Waals surface area (Å²) in [6.07, 6.45) is 6.00. The largest absolute Gasteiger partial charge is 0.486 e. The second-order valence-corrected chi connectivity index (χ2v) is 6.68. The van der Waals surface area contributed by atoms with Crippen LogP contribution in [0.25, 0.3) is 0 Å². The van der Waals surface area contributed by atoms with Crippen LogP contribution in [-0.2, 0) is 18.3 Å². The van der Waals surface area contributed by atoms with Gasteiger partial charge in [-0.05, 0) is 36.5 Å².